The predicted molar refractivity (Wildman–Crippen MR) is 159 cm³/mol. The summed E-state index contributed by atoms with van der Waals surface area (Å²) in [5.41, 5.74) is 9.49. The van der Waals surface area contributed by atoms with Crippen LogP contribution in [-0.4, -0.2) is 0 Å². The third-order valence-electron chi connectivity index (χ3n) is 8.69. The fourth-order valence-electron chi connectivity index (χ4n) is 6.52. The molecule has 1 fully saturated rings. The van der Waals surface area contributed by atoms with Gasteiger partial charge in [-0.15, -0.1) is 6.42 Å². The first-order valence-corrected chi connectivity index (χ1v) is 14.2. The maximum Gasteiger partial charge on any atom is 0.0242 e. The van der Waals surface area contributed by atoms with Gasteiger partial charge in [0.05, 0.1) is 0 Å². The van der Waals surface area contributed by atoms with Gasteiger partial charge < -0.3 is 0 Å². The van der Waals surface area contributed by atoms with Gasteiger partial charge in [-0.05, 0) is 104 Å². The lowest BCUT2D eigenvalue weighted by molar-refractivity contribution is 0.252. The molecule has 0 aliphatic heterocycles. The van der Waals surface area contributed by atoms with Crippen LogP contribution in [0.25, 0.3) is 5.57 Å². The highest BCUT2D eigenvalue weighted by atomic mass is 14.3. The van der Waals surface area contributed by atoms with Gasteiger partial charge in [0.2, 0.25) is 0 Å². The highest BCUT2D eigenvalue weighted by Crippen LogP contribution is 2.44. The number of allylic oxidation sites excluding steroid dienone is 9. The second-order valence-electron chi connectivity index (χ2n) is 11.4. The average molecular weight is 485 g/mol. The van der Waals surface area contributed by atoms with E-state index in [1.807, 2.05) is 0 Å². The average Bonchev–Trinajstić information content (AvgIpc) is 3.61. The van der Waals surface area contributed by atoms with Crippen molar-refractivity contribution < 1.29 is 0 Å². The summed E-state index contributed by atoms with van der Waals surface area (Å²) >= 11 is 0. The minimum absolute atomic E-state index is 0.451. The number of hydrogen-bond donors (Lipinski definition) is 0. The minimum Gasteiger partial charge on any atom is -0.115 e. The van der Waals surface area contributed by atoms with Gasteiger partial charge in [-0.1, -0.05) is 103 Å². The highest BCUT2D eigenvalue weighted by Gasteiger charge is 2.30. The molecule has 3 aliphatic rings. The zero-order valence-electron chi connectivity index (χ0n) is 22.3. The smallest absolute Gasteiger partial charge is 0.0242 e. The zero-order valence-corrected chi connectivity index (χ0v) is 22.3. The molecule has 2 aromatic rings. The molecule has 0 amide bonds. The molecular formula is C37H40. The first kappa shape index (κ1) is 25.4. The fourth-order valence-corrected chi connectivity index (χ4v) is 6.52. The molecule has 2 aromatic carbocycles. The molecule has 0 heteroatoms. The van der Waals surface area contributed by atoms with E-state index in [1.165, 1.54) is 59.9 Å². The molecular weight excluding hydrogens is 444 g/mol. The van der Waals surface area contributed by atoms with Crippen molar-refractivity contribution in [2.75, 3.05) is 0 Å². The first-order valence-electron chi connectivity index (χ1n) is 14.2. The summed E-state index contributed by atoms with van der Waals surface area (Å²) in [5.74, 6) is 5.16. The third kappa shape index (κ3) is 6.34. The summed E-state index contributed by atoms with van der Waals surface area (Å²) in [6.45, 7) is 6.94. The molecule has 0 nitrogen and oxygen atoms in total. The lowest BCUT2D eigenvalue weighted by Crippen LogP contribution is -2.23. The van der Waals surface area contributed by atoms with Gasteiger partial charge in [-0.2, -0.15) is 0 Å². The SMILES string of the molecule is C#Cc1ccc(CC2CCC(C(C(=C)CCC3=CC=CC3)c3ccc(C4=CC(C)C=C4)cc3)CC2)cc1. The number of rotatable bonds is 9. The van der Waals surface area contributed by atoms with E-state index in [-0.39, 0.29) is 0 Å². The van der Waals surface area contributed by atoms with Crippen molar-refractivity contribution in [1.29, 1.82) is 0 Å². The molecule has 3 aliphatic carbocycles. The van der Waals surface area contributed by atoms with Crippen LogP contribution in [-0.2, 0) is 6.42 Å². The van der Waals surface area contributed by atoms with E-state index in [1.54, 1.807) is 5.57 Å². The van der Waals surface area contributed by atoms with Gasteiger partial charge >= 0.3 is 0 Å². The molecule has 0 spiro atoms. The Bertz CT molecular complexity index is 1240. The maximum absolute atomic E-state index is 5.53. The van der Waals surface area contributed by atoms with Gasteiger partial charge in [0.1, 0.15) is 0 Å². The Labute approximate surface area is 224 Å². The zero-order chi connectivity index (χ0) is 25.6. The third-order valence-corrected chi connectivity index (χ3v) is 8.69. The van der Waals surface area contributed by atoms with Crippen LogP contribution in [0, 0.1) is 30.1 Å². The van der Waals surface area contributed by atoms with E-state index < -0.39 is 0 Å². The maximum atomic E-state index is 5.53. The van der Waals surface area contributed by atoms with Crippen molar-refractivity contribution in [3.63, 3.8) is 0 Å². The van der Waals surface area contributed by atoms with Crippen molar-refractivity contribution in [2.24, 2.45) is 17.8 Å². The van der Waals surface area contributed by atoms with E-state index >= 15 is 0 Å². The second-order valence-corrected chi connectivity index (χ2v) is 11.4. The standard InChI is InChI=1S/C37H40/c1-4-29-12-14-31(15-13-29)26-32-16-19-34(20-17-32)37(28(3)10-11-30-7-5-6-8-30)35-23-21-33(22-24-35)36-18-9-27(2)25-36/h1,5-7,9,12-15,18,21-25,27,32,34,37H,3,8,10-11,16-17,19-20,26H2,2H3. The molecule has 2 atom stereocenters. The molecule has 188 valence electrons. The molecule has 5 rings (SSSR count). The van der Waals surface area contributed by atoms with Crippen molar-refractivity contribution in [2.45, 2.75) is 64.2 Å². The van der Waals surface area contributed by atoms with Gasteiger partial charge in [-0.3, -0.25) is 0 Å². The van der Waals surface area contributed by atoms with E-state index in [9.17, 15) is 0 Å². The van der Waals surface area contributed by atoms with E-state index in [0.717, 1.165) is 30.7 Å². The molecule has 0 radical (unpaired) electrons. The topological polar surface area (TPSA) is 0 Å². The molecule has 0 N–H and O–H groups in total. The van der Waals surface area contributed by atoms with Crippen LogP contribution >= 0.6 is 0 Å². The fraction of sp³-hybridized carbons (Fsp3) is 0.351. The molecule has 0 saturated heterocycles. The quantitative estimate of drug-likeness (QED) is 0.245. The van der Waals surface area contributed by atoms with Gasteiger partial charge in [0.15, 0.2) is 0 Å². The largest absolute Gasteiger partial charge is 0.115 e. The van der Waals surface area contributed by atoms with Crippen molar-refractivity contribution in [3.8, 4) is 12.3 Å². The summed E-state index contributed by atoms with van der Waals surface area (Å²) in [4.78, 5) is 0. The van der Waals surface area contributed by atoms with E-state index in [0.29, 0.717) is 17.8 Å². The normalized spacial score (nSPS) is 23.4. The second kappa shape index (κ2) is 11.8. The monoisotopic (exact) mass is 484 g/mol. The van der Waals surface area contributed by atoms with Crippen LogP contribution < -0.4 is 0 Å². The summed E-state index contributed by atoms with van der Waals surface area (Å²) in [7, 11) is 0. The Hall–Kier alpha value is -3.30. The molecule has 1 saturated carbocycles. The number of benzene rings is 2. The Morgan fingerprint density at radius 3 is 2.41 bits per heavy atom. The molecule has 37 heavy (non-hydrogen) atoms. The van der Waals surface area contributed by atoms with Crippen LogP contribution in [0.4, 0.5) is 0 Å². The summed E-state index contributed by atoms with van der Waals surface area (Å²) in [5, 5.41) is 0. The first-order chi connectivity index (χ1) is 18.1. The van der Waals surface area contributed by atoms with Crippen LogP contribution in [0.2, 0.25) is 0 Å². The van der Waals surface area contributed by atoms with Crippen LogP contribution in [0.5, 0.6) is 0 Å². The Morgan fingerprint density at radius 2 is 1.78 bits per heavy atom. The van der Waals surface area contributed by atoms with Gasteiger partial charge in [-0.25, -0.2) is 0 Å². The molecule has 2 unspecified atom stereocenters. The lowest BCUT2D eigenvalue weighted by Gasteiger charge is -2.36. The molecule has 0 heterocycles. The van der Waals surface area contributed by atoms with Crippen molar-refractivity contribution >= 4 is 5.57 Å². The van der Waals surface area contributed by atoms with Gasteiger partial charge in [0, 0.05) is 11.5 Å². The molecule has 0 bridgehead atoms. The van der Waals surface area contributed by atoms with Crippen LogP contribution in [0.1, 0.15) is 80.0 Å². The van der Waals surface area contributed by atoms with Crippen molar-refractivity contribution in [3.05, 3.63) is 125 Å². The number of hydrogen-bond acceptors (Lipinski definition) is 0. The van der Waals surface area contributed by atoms with Crippen LogP contribution in [0.3, 0.4) is 0 Å². The van der Waals surface area contributed by atoms with E-state index in [4.69, 9.17) is 13.0 Å². The minimum atomic E-state index is 0.451. The lowest BCUT2D eigenvalue weighted by atomic mass is 9.69. The molecule has 0 aromatic heterocycles. The number of terminal acetylenes is 1. The van der Waals surface area contributed by atoms with Crippen LogP contribution in [0.15, 0.2) is 103 Å². The van der Waals surface area contributed by atoms with Gasteiger partial charge in [0.25, 0.3) is 0 Å². The Balaban J connectivity index is 1.27. The summed E-state index contributed by atoms with van der Waals surface area (Å²) in [6, 6.07) is 18.0. The predicted octanol–water partition coefficient (Wildman–Crippen LogP) is 9.61. The summed E-state index contributed by atoms with van der Waals surface area (Å²) < 4.78 is 0. The van der Waals surface area contributed by atoms with Crippen molar-refractivity contribution in [1.82, 2.24) is 0 Å². The Kier molecular flexibility index (Phi) is 8.11. The van der Waals surface area contributed by atoms with E-state index in [2.05, 4.69) is 97.8 Å². The highest BCUT2D eigenvalue weighted by molar-refractivity contribution is 5.76. The summed E-state index contributed by atoms with van der Waals surface area (Å²) in [6.07, 6.45) is 28.9. The Morgan fingerprint density at radius 1 is 1.03 bits per heavy atom.